The molecule has 0 aliphatic rings. The van der Waals surface area contributed by atoms with E-state index in [4.69, 9.17) is 0 Å². The largest absolute Gasteiger partial charge is 0.300 e. The highest BCUT2D eigenvalue weighted by molar-refractivity contribution is 7.91. The van der Waals surface area contributed by atoms with Crippen molar-refractivity contribution in [1.82, 2.24) is 14.9 Å². The molecule has 1 aromatic heterocycles. The molecular formula is C16H22N4O3S2. The summed E-state index contributed by atoms with van der Waals surface area (Å²) >= 11 is 0.825. The SMILES string of the molecule is Cc1ccc(C)c(C(C)NS(=O)(=O)c2nnc(NC(=O)C(C)C)s2)c1. The molecule has 136 valence electrons. The van der Waals surface area contributed by atoms with E-state index in [0.29, 0.717) is 0 Å². The van der Waals surface area contributed by atoms with Gasteiger partial charge in [0.15, 0.2) is 0 Å². The van der Waals surface area contributed by atoms with Crippen molar-refractivity contribution in [3.05, 3.63) is 34.9 Å². The minimum Gasteiger partial charge on any atom is -0.300 e. The number of nitrogens with zero attached hydrogens (tertiary/aromatic N) is 2. The maximum atomic E-state index is 12.5. The van der Waals surface area contributed by atoms with Crippen molar-refractivity contribution in [2.45, 2.75) is 45.0 Å². The number of sulfonamides is 1. The number of nitrogens with one attached hydrogen (secondary N) is 2. The summed E-state index contributed by atoms with van der Waals surface area (Å²) in [5.74, 6) is -0.469. The van der Waals surface area contributed by atoms with Gasteiger partial charge in [0.1, 0.15) is 0 Å². The van der Waals surface area contributed by atoms with Crippen molar-refractivity contribution in [3.63, 3.8) is 0 Å². The summed E-state index contributed by atoms with van der Waals surface area (Å²) in [6, 6.07) is 5.48. The van der Waals surface area contributed by atoms with Crippen LogP contribution in [0.15, 0.2) is 22.5 Å². The van der Waals surface area contributed by atoms with Gasteiger partial charge in [-0.2, -0.15) is 0 Å². The number of aryl methyl sites for hydroxylation is 2. The van der Waals surface area contributed by atoms with E-state index >= 15 is 0 Å². The summed E-state index contributed by atoms with van der Waals surface area (Å²) in [5.41, 5.74) is 2.96. The number of benzene rings is 1. The molecule has 0 spiro atoms. The maximum Gasteiger partial charge on any atom is 0.270 e. The molecule has 0 saturated carbocycles. The lowest BCUT2D eigenvalue weighted by atomic mass is 10.0. The number of hydrogen-bond acceptors (Lipinski definition) is 6. The van der Waals surface area contributed by atoms with Crippen LogP contribution in [0.2, 0.25) is 0 Å². The van der Waals surface area contributed by atoms with Gasteiger partial charge < -0.3 is 5.32 Å². The highest BCUT2D eigenvalue weighted by atomic mass is 32.2. The first-order chi connectivity index (χ1) is 11.6. The molecule has 1 heterocycles. The lowest BCUT2D eigenvalue weighted by Crippen LogP contribution is -2.27. The van der Waals surface area contributed by atoms with E-state index in [1.165, 1.54) is 0 Å². The number of aromatic nitrogens is 2. The number of amides is 1. The van der Waals surface area contributed by atoms with E-state index in [-0.39, 0.29) is 21.3 Å². The van der Waals surface area contributed by atoms with Crippen molar-refractivity contribution >= 4 is 32.4 Å². The number of hydrogen-bond donors (Lipinski definition) is 2. The van der Waals surface area contributed by atoms with Crippen LogP contribution in [0.4, 0.5) is 5.13 Å². The van der Waals surface area contributed by atoms with E-state index in [9.17, 15) is 13.2 Å². The normalized spacial score (nSPS) is 13.0. The minimum atomic E-state index is -3.83. The van der Waals surface area contributed by atoms with Crippen LogP contribution in [0.1, 0.15) is 43.5 Å². The van der Waals surface area contributed by atoms with Gasteiger partial charge in [-0.1, -0.05) is 48.9 Å². The Bertz CT molecular complexity index is 875. The zero-order valence-electron chi connectivity index (χ0n) is 14.8. The molecule has 0 aliphatic heterocycles. The predicted molar refractivity (Wildman–Crippen MR) is 98.0 cm³/mol. The molecule has 2 rings (SSSR count). The fourth-order valence-corrected chi connectivity index (χ4v) is 4.33. The highest BCUT2D eigenvalue weighted by Gasteiger charge is 2.24. The van der Waals surface area contributed by atoms with Crippen LogP contribution >= 0.6 is 11.3 Å². The third-order valence-electron chi connectivity index (χ3n) is 3.62. The first kappa shape index (κ1) is 19.5. The van der Waals surface area contributed by atoms with Crippen molar-refractivity contribution < 1.29 is 13.2 Å². The van der Waals surface area contributed by atoms with Crippen molar-refractivity contribution in [2.75, 3.05) is 5.32 Å². The molecule has 0 bridgehead atoms. The molecule has 0 aliphatic carbocycles. The molecule has 9 heteroatoms. The summed E-state index contributed by atoms with van der Waals surface area (Å²) in [4.78, 5) is 11.7. The van der Waals surface area contributed by atoms with Crippen molar-refractivity contribution in [2.24, 2.45) is 5.92 Å². The molecule has 1 amide bonds. The van der Waals surface area contributed by atoms with Crippen LogP contribution in [-0.2, 0) is 14.8 Å². The number of carbonyl (C=O) groups is 1. The molecule has 0 radical (unpaired) electrons. The van der Waals surface area contributed by atoms with E-state index < -0.39 is 16.1 Å². The average molecular weight is 383 g/mol. The molecule has 25 heavy (non-hydrogen) atoms. The van der Waals surface area contributed by atoms with Gasteiger partial charge in [0.2, 0.25) is 15.4 Å². The molecule has 0 fully saturated rings. The van der Waals surface area contributed by atoms with E-state index in [0.717, 1.165) is 28.0 Å². The Hall–Kier alpha value is -1.84. The third-order valence-corrected chi connectivity index (χ3v) is 6.37. The summed E-state index contributed by atoms with van der Waals surface area (Å²) in [6.07, 6.45) is 0. The van der Waals surface area contributed by atoms with Gasteiger partial charge in [-0.3, -0.25) is 4.79 Å². The second-order valence-electron chi connectivity index (χ2n) is 6.22. The maximum absolute atomic E-state index is 12.5. The molecule has 1 aromatic carbocycles. The van der Waals surface area contributed by atoms with Gasteiger partial charge in [0.25, 0.3) is 10.0 Å². The van der Waals surface area contributed by atoms with Gasteiger partial charge in [-0.25, -0.2) is 13.1 Å². The number of anilines is 1. The third kappa shape index (κ3) is 4.83. The predicted octanol–water partition coefficient (Wildman–Crippen LogP) is 2.79. The zero-order valence-corrected chi connectivity index (χ0v) is 16.5. The van der Waals surface area contributed by atoms with E-state index in [1.54, 1.807) is 20.8 Å². The van der Waals surface area contributed by atoms with Gasteiger partial charge >= 0.3 is 0 Å². The summed E-state index contributed by atoms with van der Waals surface area (Å²) in [7, 11) is -3.83. The monoisotopic (exact) mass is 382 g/mol. The molecule has 2 aromatic rings. The minimum absolute atomic E-state index is 0.165. The van der Waals surface area contributed by atoms with Crippen LogP contribution in [-0.4, -0.2) is 24.5 Å². The molecule has 2 N–H and O–H groups in total. The van der Waals surface area contributed by atoms with Gasteiger partial charge in [-0.15, -0.1) is 10.2 Å². The molecule has 1 unspecified atom stereocenters. The molecule has 7 nitrogen and oxygen atoms in total. The lowest BCUT2D eigenvalue weighted by molar-refractivity contribution is -0.118. The van der Waals surface area contributed by atoms with Crippen LogP contribution in [0.3, 0.4) is 0 Å². The average Bonchev–Trinajstić information content (AvgIpc) is 2.98. The van der Waals surface area contributed by atoms with Gasteiger partial charge in [-0.05, 0) is 31.9 Å². The second-order valence-corrected chi connectivity index (χ2v) is 9.09. The second kappa shape index (κ2) is 7.59. The highest BCUT2D eigenvalue weighted by Crippen LogP contribution is 2.24. The van der Waals surface area contributed by atoms with E-state index in [1.807, 2.05) is 32.0 Å². The zero-order chi connectivity index (χ0) is 18.8. The molecular weight excluding hydrogens is 360 g/mol. The lowest BCUT2D eigenvalue weighted by Gasteiger charge is -2.16. The smallest absolute Gasteiger partial charge is 0.270 e. The quantitative estimate of drug-likeness (QED) is 0.748. The van der Waals surface area contributed by atoms with Crippen molar-refractivity contribution in [1.29, 1.82) is 0 Å². The Labute approximate surface area is 151 Å². The summed E-state index contributed by atoms with van der Waals surface area (Å²) in [5, 5.41) is 10.1. The Balaban J connectivity index is 2.17. The Morgan fingerprint density at radius 1 is 1.16 bits per heavy atom. The Morgan fingerprint density at radius 3 is 2.48 bits per heavy atom. The number of carbonyl (C=O) groups excluding carboxylic acids is 1. The topological polar surface area (TPSA) is 101 Å². The van der Waals surface area contributed by atoms with Crippen molar-refractivity contribution in [3.8, 4) is 0 Å². The first-order valence-electron chi connectivity index (χ1n) is 7.84. The van der Waals surface area contributed by atoms with Gasteiger partial charge in [0.05, 0.1) is 0 Å². The molecule has 0 saturated heterocycles. The molecule has 1 atom stereocenters. The number of rotatable bonds is 6. The summed E-state index contributed by atoms with van der Waals surface area (Å²) < 4.78 is 27.5. The van der Waals surface area contributed by atoms with Crippen LogP contribution in [0, 0.1) is 19.8 Å². The van der Waals surface area contributed by atoms with Crippen LogP contribution in [0.5, 0.6) is 0 Å². The van der Waals surface area contributed by atoms with E-state index in [2.05, 4.69) is 20.2 Å². The fourth-order valence-electron chi connectivity index (χ4n) is 2.19. The van der Waals surface area contributed by atoms with Gasteiger partial charge in [0, 0.05) is 12.0 Å². The Morgan fingerprint density at radius 2 is 1.84 bits per heavy atom. The summed E-state index contributed by atoms with van der Waals surface area (Å²) in [6.45, 7) is 9.15. The fraction of sp³-hybridized carbons (Fsp3) is 0.438. The first-order valence-corrected chi connectivity index (χ1v) is 10.1. The van der Waals surface area contributed by atoms with Crippen LogP contribution in [0.25, 0.3) is 0 Å². The Kier molecular flexibility index (Phi) is 5.91. The standard InChI is InChI=1S/C16H22N4O3S2/c1-9(2)14(21)17-15-18-19-16(24-15)25(22,23)20-12(5)13-8-10(3)6-7-11(13)4/h6-9,12,20H,1-5H3,(H,17,18,21). The van der Waals surface area contributed by atoms with Crippen LogP contribution < -0.4 is 10.0 Å².